The van der Waals surface area contributed by atoms with Crippen molar-refractivity contribution in [3.8, 4) is 5.75 Å². The lowest BCUT2D eigenvalue weighted by molar-refractivity contribution is -0.157. The average molecular weight is 390 g/mol. The van der Waals surface area contributed by atoms with Gasteiger partial charge in [-0.05, 0) is 48.7 Å². The second-order valence-corrected chi connectivity index (χ2v) is 7.05. The van der Waals surface area contributed by atoms with Gasteiger partial charge in [-0.1, -0.05) is 12.1 Å². The highest BCUT2D eigenvalue weighted by Gasteiger charge is 2.41. The summed E-state index contributed by atoms with van der Waals surface area (Å²) in [6.07, 6.45) is 0.950. The van der Waals surface area contributed by atoms with E-state index in [9.17, 15) is 18.7 Å². The molecular formula is C21H24F2N2O3. The second-order valence-electron chi connectivity index (χ2n) is 7.05. The van der Waals surface area contributed by atoms with Gasteiger partial charge in [0.15, 0.2) is 5.60 Å². The smallest absolute Gasteiger partial charge is 0.256 e. The molecule has 2 aromatic rings. The lowest BCUT2D eigenvalue weighted by atomic mass is 9.91. The SMILES string of the molecule is COc1ccc(F)c(CN2CCCC(O)(CNCc3ccc(F)cc3)C2=O)c1. The van der Waals surface area contributed by atoms with Gasteiger partial charge in [-0.2, -0.15) is 0 Å². The number of benzene rings is 2. The lowest BCUT2D eigenvalue weighted by Crippen LogP contribution is -2.57. The van der Waals surface area contributed by atoms with E-state index in [2.05, 4.69) is 5.32 Å². The number of carbonyl (C=O) groups excluding carboxylic acids is 1. The van der Waals surface area contributed by atoms with Gasteiger partial charge < -0.3 is 20.1 Å². The summed E-state index contributed by atoms with van der Waals surface area (Å²) in [7, 11) is 1.49. The molecule has 1 aliphatic rings. The summed E-state index contributed by atoms with van der Waals surface area (Å²) in [6.45, 7) is 0.999. The van der Waals surface area contributed by atoms with Crippen molar-refractivity contribution >= 4 is 5.91 Å². The maximum Gasteiger partial charge on any atom is 0.256 e. The molecule has 28 heavy (non-hydrogen) atoms. The number of ether oxygens (including phenoxy) is 1. The minimum absolute atomic E-state index is 0.0697. The van der Waals surface area contributed by atoms with Crippen LogP contribution in [0.3, 0.4) is 0 Å². The van der Waals surface area contributed by atoms with Crippen molar-refractivity contribution < 1.29 is 23.4 Å². The molecule has 0 bridgehead atoms. The normalized spacial score (nSPS) is 19.7. The van der Waals surface area contributed by atoms with E-state index in [0.29, 0.717) is 37.2 Å². The third kappa shape index (κ3) is 4.66. The number of hydrogen-bond acceptors (Lipinski definition) is 4. The highest BCUT2D eigenvalue weighted by molar-refractivity contribution is 5.86. The molecule has 1 saturated heterocycles. The van der Waals surface area contributed by atoms with E-state index < -0.39 is 17.3 Å². The summed E-state index contributed by atoms with van der Waals surface area (Å²) in [5.74, 6) is -0.646. The van der Waals surface area contributed by atoms with Crippen molar-refractivity contribution in [1.29, 1.82) is 0 Å². The monoisotopic (exact) mass is 390 g/mol. The molecule has 7 heteroatoms. The summed E-state index contributed by atoms with van der Waals surface area (Å²) in [4.78, 5) is 14.3. The Morgan fingerprint density at radius 1 is 1.21 bits per heavy atom. The molecule has 2 aromatic carbocycles. The standard InChI is InChI=1S/C21H24F2N2O3/c1-28-18-7-8-19(23)16(11-18)13-25-10-2-9-21(27,20(25)26)14-24-12-15-3-5-17(22)6-4-15/h3-8,11,24,27H,2,9-10,12-14H2,1H3. The van der Waals surface area contributed by atoms with Crippen LogP contribution in [0.25, 0.3) is 0 Å². The number of carbonyl (C=O) groups is 1. The molecule has 1 atom stereocenters. The zero-order chi connectivity index (χ0) is 20.1. The summed E-state index contributed by atoms with van der Waals surface area (Å²) >= 11 is 0. The molecule has 0 spiro atoms. The molecule has 3 rings (SSSR count). The van der Waals surface area contributed by atoms with Gasteiger partial charge in [-0.15, -0.1) is 0 Å². The van der Waals surface area contributed by atoms with Crippen LogP contribution in [0.4, 0.5) is 8.78 Å². The first-order valence-corrected chi connectivity index (χ1v) is 9.20. The topological polar surface area (TPSA) is 61.8 Å². The second kappa shape index (κ2) is 8.67. The first kappa shape index (κ1) is 20.2. The van der Waals surface area contributed by atoms with E-state index in [1.165, 1.54) is 36.3 Å². The van der Waals surface area contributed by atoms with Gasteiger partial charge in [0.25, 0.3) is 5.91 Å². The predicted molar refractivity (Wildman–Crippen MR) is 101 cm³/mol. The summed E-state index contributed by atoms with van der Waals surface area (Å²) in [5.41, 5.74) is -0.354. The number of halogens is 2. The van der Waals surface area contributed by atoms with Crippen LogP contribution in [0.1, 0.15) is 24.0 Å². The van der Waals surface area contributed by atoms with Crippen LogP contribution in [0, 0.1) is 11.6 Å². The van der Waals surface area contributed by atoms with Crippen molar-refractivity contribution in [3.05, 3.63) is 65.2 Å². The van der Waals surface area contributed by atoms with Gasteiger partial charge in [0.05, 0.1) is 7.11 Å². The quantitative estimate of drug-likeness (QED) is 0.763. The highest BCUT2D eigenvalue weighted by Crippen LogP contribution is 2.26. The maximum atomic E-state index is 14.1. The largest absolute Gasteiger partial charge is 0.497 e. The zero-order valence-corrected chi connectivity index (χ0v) is 15.8. The number of nitrogens with zero attached hydrogens (tertiary/aromatic N) is 1. The summed E-state index contributed by atoms with van der Waals surface area (Å²) in [6, 6.07) is 10.4. The molecule has 1 fully saturated rings. The van der Waals surface area contributed by atoms with Crippen molar-refractivity contribution in [2.24, 2.45) is 0 Å². The Morgan fingerprint density at radius 3 is 2.68 bits per heavy atom. The molecular weight excluding hydrogens is 366 g/mol. The van der Waals surface area contributed by atoms with Crippen LogP contribution in [0.5, 0.6) is 5.75 Å². The lowest BCUT2D eigenvalue weighted by Gasteiger charge is -2.38. The van der Waals surface area contributed by atoms with Crippen LogP contribution >= 0.6 is 0 Å². The maximum absolute atomic E-state index is 14.1. The summed E-state index contributed by atoms with van der Waals surface area (Å²) < 4.78 is 32.2. The van der Waals surface area contributed by atoms with E-state index >= 15 is 0 Å². The Hall–Kier alpha value is -2.51. The van der Waals surface area contributed by atoms with Crippen molar-refractivity contribution in [2.75, 3.05) is 20.2 Å². The fourth-order valence-electron chi connectivity index (χ4n) is 3.40. The number of likely N-dealkylation sites (tertiary alicyclic amines) is 1. The van der Waals surface area contributed by atoms with Gasteiger partial charge in [-0.3, -0.25) is 4.79 Å². The van der Waals surface area contributed by atoms with Gasteiger partial charge in [0.1, 0.15) is 17.4 Å². The molecule has 0 aliphatic carbocycles. The van der Waals surface area contributed by atoms with Crippen LogP contribution in [-0.2, 0) is 17.9 Å². The number of piperidine rings is 1. The number of nitrogens with one attached hydrogen (secondary N) is 1. The van der Waals surface area contributed by atoms with E-state index in [1.54, 1.807) is 18.2 Å². The minimum Gasteiger partial charge on any atom is -0.497 e. The third-order valence-electron chi connectivity index (χ3n) is 4.98. The van der Waals surface area contributed by atoms with Gasteiger partial charge >= 0.3 is 0 Å². The molecule has 0 aromatic heterocycles. The van der Waals surface area contributed by atoms with Gasteiger partial charge in [-0.25, -0.2) is 8.78 Å². The Balaban J connectivity index is 1.63. The van der Waals surface area contributed by atoms with Gasteiger partial charge in [0.2, 0.25) is 0 Å². The van der Waals surface area contributed by atoms with E-state index in [4.69, 9.17) is 4.74 Å². The van der Waals surface area contributed by atoms with Gasteiger partial charge in [0, 0.05) is 31.7 Å². The molecule has 1 amide bonds. The first-order valence-electron chi connectivity index (χ1n) is 9.20. The van der Waals surface area contributed by atoms with Crippen molar-refractivity contribution in [2.45, 2.75) is 31.5 Å². The van der Waals surface area contributed by atoms with E-state index in [0.717, 1.165) is 5.56 Å². The Bertz CT molecular complexity index is 829. The molecule has 1 heterocycles. The fraction of sp³-hybridized carbons (Fsp3) is 0.381. The molecule has 1 aliphatic heterocycles. The number of rotatable bonds is 7. The van der Waals surface area contributed by atoms with E-state index in [1.807, 2.05) is 0 Å². The van der Waals surface area contributed by atoms with Crippen LogP contribution < -0.4 is 10.1 Å². The van der Waals surface area contributed by atoms with Crippen LogP contribution in [0.2, 0.25) is 0 Å². The van der Waals surface area contributed by atoms with Crippen LogP contribution in [-0.4, -0.2) is 41.7 Å². The molecule has 0 saturated carbocycles. The molecule has 0 radical (unpaired) electrons. The van der Waals surface area contributed by atoms with E-state index in [-0.39, 0.29) is 18.9 Å². The van der Waals surface area contributed by atoms with Crippen LogP contribution in [0.15, 0.2) is 42.5 Å². The minimum atomic E-state index is -1.55. The highest BCUT2D eigenvalue weighted by atomic mass is 19.1. The molecule has 2 N–H and O–H groups in total. The zero-order valence-electron chi connectivity index (χ0n) is 15.8. The molecule has 1 unspecified atom stereocenters. The Kier molecular flexibility index (Phi) is 6.26. The number of aliphatic hydroxyl groups is 1. The predicted octanol–water partition coefficient (Wildman–Crippen LogP) is 2.62. The molecule has 5 nitrogen and oxygen atoms in total. The Morgan fingerprint density at radius 2 is 1.96 bits per heavy atom. The Labute approximate surface area is 162 Å². The first-order chi connectivity index (χ1) is 13.4. The number of hydrogen-bond donors (Lipinski definition) is 2. The van der Waals surface area contributed by atoms with Crippen molar-refractivity contribution in [1.82, 2.24) is 10.2 Å². The fourth-order valence-corrected chi connectivity index (χ4v) is 3.40. The number of methoxy groups -OCH3 is 1. The number of amides is 1. The summed E-state index contributed by atoms with van der Waals surface area (Å²) in [5, 5.41) is 13.9. The third-order valence-corrected chi connectivity index (χ3v) is 4.98. The average Bonchev–Trinajstić information content (AvgIpc) is 2.69. The van der Waals surface area contributed by atoms with Crippen molar-refractivity contribution in [3.63, 3.8) is 0 Å². The molecule has 150 valence electrons.